The van der Waals surface area contributed by atoms with Crippen molar-refractivity contribution < 1.29 is 33.5 Å². The van der Waals surface area contributed by atoms with Crippen LogP contribution in [-0.4, -0.2) is 51.5 Å². The molecule has 2 aliphatic heterocycles. The lowest BCUT2D eigenvalue weighted by molar-refractivity contribution is -0.129. The van der Waals surface area contributed by atoms with Crippen molar-refractivity contribution in [2.24, 2.45) is 11.7 Å². The number of hydrogen-bond donors (Lipinski definition) is 5. The Morgan fingerprint density at radius 3 is 2.42 bits per heavy atom. The number of para-hydroxylation sites is 1. The van der Waals surface area contributed by atoms with Gasteiger partial charge in [-0.3, -0.25) is 28.6 Å². The van der Waals surface area contributed by atoms with Crippen LogP contribution in [0, 0.1) is 5.92 Å². The van der Waals surface area contributed by atoms with Gasteiger partial charge >= 0.3 is 7.60 Å². The molecular weight excluding hydrogens is 571 g/mol. The van der Waals surface area contributed by atoms with Crippen LogP contribution in [-0.2, 0) is 42.7 Å². The van der Waals surface area contributed by atoms with Gasteiger partial charge in [0.1, 0.15) is 12.1 Å². The van der Waals surface area contributed by atoms with Gasteiger partial charge in [-0.1, -0.05) is 56.3 Å². The third-order valence-corrected chi connectivity index (χ3v) is 8.78. The fourth-order valence-electron chi connectivity index (χ4n) is 5.73. The second-order valence-electron chi connectivity index (χ2n) is 11.7. The van der Waals surface area contributed by atoms with Crippen molar-refractivity contribution in [2.75, 3.05) is 4.90 Å². The molecule has 230 valence electrons. The quantitative estimate of drug-likeness (QED) is 0.192. The number of benzene rings is 2. The van der Waals surface area contributed by atoms with Crippen LogP contribution in [0.15, 0.2) is 48.5 Å². The van der Waals surface area contributed by atoms with E-state index in [0.29, 0.717) is 42.4 Å². The van der Waals surface area contributed by atoms with E-state index < -0.39 is 31.5 Å². The van der Waals surface area contributed by atoms with Crippen LogP contribution in [0.25, 0.3) is 5.57 Å². The predicted molar refractivity (Wildman–Crippen MR) is 163 cm³/mol. The predicted octanol–water partition coefficient (Wildman–Crippen LogP) is 2.56. The minimum atomic E-state index is -4.19. The molecule has 0 radical (unpaired) electrons. The molecule has 2 heterocycles. The second-order valence-corrected chi connectivity index (χ2v) is 13.3. The summed E-state index contributed by atoms with van der Waals surface area (Å²) in [5.74, 6) is -1.54. The Labute approximate surface area is 251 Å². The van der Waals surface area contributed by atoms with E-state index in [9.17, 15) is 33.5 Å². The largest absolute Gasteiger partial charge is 0.370 e. The summed E-state index contributed by atoms with van der Waals surface area (Å²) in [7, 11) is -4.19. The summed E-state index contributed by atoms with van der Waals surface area (Å²) in [6, 6.07) is 10.4. The maximum absolute atomic E-state index is 14.0. The van der Waals surface area contributed by atoms with Crippen LogP contribution in [0.3, 0.4) is 0 Å². The van der Waals surface area contributed by atoms with Gasteiger partial charge in [0, 0.05) is 25.0 Å². The van der Waals surface area contributed by atoms with Crippen molar-refractivity contribution in [2.45, 2.75) is 77.2 Å². The first-order valence-corrected chi connectivity index (χ1v) is 16.2. The Morgan fingerprint density at radius 1 is 1.12 bits per heavy atom. The molecule has 0 saturated carbocycles. The summed E-state index contributed by atoms with van der Waals surface area (Å²) in [6.45, 7) is 5.63. The van der Waals surface area contributed by atoms with Crippen LogP contribution < -0.4 is 21.3 Å². The van der Waals surface area contributed by atoms with Gasteiger partial charge in [0.15, 0.2) is 0 Å². The third-order valence-electron chi connectivity index (χ3n) is 8.01. The molecule has 2 aliphatic rings. The Morgan fingerprint density at radius 2 is 1.79 bits per heavy atom. The summed E-state index contributed by atoms with van der Waals surface area (Å²) in [5, 5.41) is 5.87. The van der Waals surface area contributed by atoms with Gasteiger partial charge in [-0.2, -0.15) is 0 Å². The zero-order valence-corrected chi connectivity index (χ0v) is 25.5. The number of nitrogens with two attached hydrogens (primary N) is 1. The van der Waals surface area contributed by atoms with Crippen molar-refractivity contribution in [3.8, 4) is 0 Å². The van der Waals surface area contributed by atoms with Gasteiger partial charge in [0.25, 0.3) is 0 Å². The van der Waals surface area contributed by atoms with Crippen LogP contribution in [0.2, 0.25) is 0 Å². The topological polar surface area (TPSA) is 179 Å². The first kappa shape index (κ1) is 32.1. The molecule has 4 amide bonds. The van der Waals surface area contributed by atoms with E-state index in [1.54, 1.807) is 31.2 Å². The number of primary amides is 1. The van der Waals surface area contributed by atoms with Crippen molar-refractivity contribution in [1.29, 1.82) is 0 Å². The number of amides is 4. The van der Waals surface area contributed by atoms with E-state index >= 15 is 0 Å². The highest BCUT2D eigenvalue weighted by Crippen LogP contribution is 2.40. The van der Waals surface area contributed by atoms with Crippen molar-refractivity contribution >= 4 is 42.5 Å². The first-order chi connectivity index (χ1) is 20.2. The van der Waals surface area contributed by atoms with Crippen LogP contribution in [0.1, 0.15) is 62.3 Å². The molecule has 6 N–H and O–H groups in total. The molecule has 0 spiro atoms. The number of anilines is 1. The number of aryl methyl sites for hydroxylation is 1. The van der Waals surface area contributed by atoms with Crippen LogP contribution in [0.4, 0.5) is 5.69 Å². The van der Waals surface area contributed by atoms with Crippen molar-refractivity contribution in [3.05, 3.63) is 70.8 Å². The summed E-state index contributed by atoms with van der Waals surface area (Å²) in [4.78, 5) is 71.9. The summed E-state index contributed by atoms with van der Waals surface area (Å²) < 4.78 is 11.3. The number of carbonyl (C=O) groups is 4. The standard InChI is InChI=1S/C31H39N4O7P/c1-18(2)24(13-14-27(32)36)34-30(38)26-16-23-6-4-5-22-11-12-25(31(39)35(26)29(22)23)33-28(37)15-19(3)21-9-7-20(8-10-21)17-43(40,41)42/h4-10,15,18,24-26H,11-14,16-17H2,1-3H3,(H2,32,36)(H,33,37)(H,34,38)(H2,40,41,42)/b19-15+/t24-,25-,26-/m0/s1. The van der Waals surface area contributed by atoms with E-state index in [4.69, 9.17) is 5.73 Å². The van der Waals surface area contributed by atoms with E-state index in [0.717, 1.165) is 16.8 Å². The lowest BCUT2D eigenvalue weighted by Crippen LogP contribution is -2.56. The first-order valence-electron chi connectivity index (χ1n) is 14.4. The molecule has 0 bridgehead atoms. The number of nitrogens with zero attached hydrogens (tertiary/aromatic N) is 1. The summed E-state index contributed by atoms with van der Waals surface area (Å²) >= 11 is 0. The minimum absolute atomic E-state index is 0.0480. The molecule has 0 saturated heterocycles. The van der Waals surface area contributed by atoms with Gasteiger partial charge in [0.05, 0.1) is 11.8 Å². The monoisotopic (exact) mass is 610 g/mol. The Balaban J connectivity index is 1.51. The molecule has 2 aromatic carbocycles. The van der Waals surface area contributed by atoms with E-state index in [1.807, 2.05) is 32.0 Å². The van der Waals surface area contributed by atoms with Crippen LogP contribution >= 0.6 is 7.60 Å². The Kier molecular flexibility index (Phi) is 9.89. The van der Waals surface area contributed by atoms with Gasteiger partial charge in [-0.15, -0.1) is 0 Å². The van der Waals surface area contributed by atoms with Crippen molar-refractivity contribution in [3.63, 3.8) is 0 Å². The maximum atomic E-state index is 14.0. The van der Waals surface area contributed by atoms with Gasteiger partial charge in [-0.25, -0.2) is 0 Å². The van der Waals surface area contributed by atoms with Gasteiger partial charge < -0.3 is 26.2 Å². The van der Waals surface area contributed by atoms with Gasteiger partial charge in [0.2, 0.25) is 23.6 Å². The van der Waals surface area contributed by atoms with E-state index in [2.05, 4.69) is 10.6 Å². The molecule has 12 heteroatoms. The normalized spacial score (nSPS) is 19.1. The lowest BCUT2D eigenvalue weighted by atomic mass is 9.98. The highest BCUT2D eigenvalue weighted by atomic mass is 31.2. The third kappa shape index (κ3) is 7.98. The maximum Gasteiger partial charge on any atom is 0.329 e. The van der Waals surface area contributed by atoms with Crippen molar-refractivity contribution in [1.82, 2.24) is 10.6 Å². The SMILES string of the molecule is C/C(=C\C(=O)N[C@H]1CCc2cccc3c2N(C1=O)[C@H](C(=O)N[C@@H](CCC(N)=O)C(C)C)C3)c1ccc(CP(=O)(O)O)cc1. The molecule has 4 rings (SSSR count). The molecule has 0 unspecified atom stereocenters. The Bertz CT molecular complexity index is 1480. The average molecular weight is 611 g/mol. The second kappa shape index (κ2) is 13.2. The number of rotatable bonds is 11. The molecule has 0 aromatic heterocycles. The highest BCUT2D eigenvalue weighted by molar-refractivity contribution is 7.50. The van der Waals surface area contributed by atoms with Crippen LogP contribution in [0.5, 0.6) is 0 Å². The smallest absolute Gasteiger partial charge is 0.329 e. The average Bonchev–Trinajstić information content (AvgIpc) is 3.26. The lowest BCUT2D eigenvalue weighted by Gasteiger charge is -2.30. The zero-order valence-electron chi connectivity index (χ0n) is 24.6. The number of allylic oxidation sites excluding steroid dienone is 1. The molecule has 2 aromatic rings. The number of carbonyl (C=O) groups excluding carboxylic acids is 4. The van der Waals surface area contributed by atoms with E-state index in [1.165, 1.54) is 11.0 Å². The molecule has 0 aliphatic carbocycles. The van der Waals surface area contributed by atoms with Gasteiger partial charge in [-0.05, 0) is 59.9 Å². The highest BCUT2D eigenvalue weighted by Gasteiger charge is 2.44. The fourth-order valence-corrected chi connectivity index (χ4v) is 6.41. The van der Waals surface area contributed by atoms with E-state index in [-0.39, 0.29) is 36.4 Å². The molecule has 3 atom stereocenters. The molecule has 0 fully saturated rings. The molecular formula is C31H39N4O7P. The number of hydrogen-bond acceptors (Lipinski definition) is 5. The number of nitrogens with one attached hydrogen (secondary N) is 2. The zero-order chi connectivity index (χ0) is 31.5. The molecule has 43 heavy (non-hydrogen) atoms. The molecule has 11 nitrogen and oxygen atoms in total. The summed E-state index contributed by atoms with van der Waals surface area (Å²) in [5.41, 5.74) is 9.68. The minimum Gasteiger partial charge on any atom is -0.370 e. The Hall–Kier alpha value is -3.79. The fraction of sp³-hybridized carbons (Fsp3) is 0.419. The summed E-state index contributed by atoms with van der Waals surface area (Å²) in [6.07, 6.45) is 2.80.